The molecular weight excluding hydrogens is 420 g/mol. The van der Waals surface area contributed by atoms with Gasteiger partial charge in [-0.15, -0.1) is 0 Å². The van der Waals surface area contributed by atoms with Crippen molar-refractivity contribution < 1.29 is 24.2 Å². The lowest BCUT2D eigenvalue weighted by atomic mass is 9.98. The molecule has 0 fully saturated rings. The summed E-state index contributed by atoms with van der Waals surface area (Å²) in [6.45, 7) is 3.60. The van der Waals surface area contributed by atoms with Crippen LogP contribution in [-0.4, -0.2) is 35.2 Å². The zero-order chi connectivity index (χ0) is 23.8. The summed E-state index contributed by atoms with van der Waals surface area (Å²) in [4.78, 5) is 37.1. The van der Waals surface area contributed by atoms with Gasteiger partial charge in [0.25, 0.3) is 0 Å². The van der Waals surface area contributed by atoms with Gasteiger partial charge in [0.2, 0.25) is 5.91 Å². The Bertz CT molecular complexity index is 1110. The lowest BCUT2D eigenvalue weighted by molar-refractivity contribution is -0.142. The van der Waals surface area contributed by atoms with Crippen molar-refractivity contribution in [2.75, 3.05) is 0 Å². The maximum atomic E-state index is 12.9. The van der Waals surface area contributed by atoms with E-state index in [0.29, 0.717) is 0 Å². The third kappa shape index (κ3) is 6.55. The number of alkyl carbamates (subject to hydrolysis) is 1. The van der Waals surface area contributed by atoms with E-state index in [9.17, 15) is 19.5 Å². The molecule has 0 unspecified atom stereocenters. The van der Waals surface area contributed by atoms with Crippen molar-refractivity contribution in [1.82, 2.24) is 10.6 Å². The first kappa shape index (κ1) is 23.8. The average molecular weight is 449 g/mol. The lowest BCUT2D eigenvalue weighted by Gasteiger charge is -2.24. The Labute approximate surface area is 192 Å². The normalized spacial score (nSPS) is 12.7. The minimum absolute atomic E-state index is 0.0674. The molecule has 2 atom stereocenters. The van der Waals surface area contributed by atoms with E-state index < -0.39 is 30.1 Å². The molecular formula is C26H28N2O5. The Hall–Kier alpha value is -3.87. The predicted octanol–water partition coefficient (Wildman–Crippen LogP) is 3.90. The number of hydrogen-bond donors (Lipinski definition) is 3. The summed E-state index contributed by atoms with van der Waals surface area (Å²) in [7, 11) is 0. The molecule has 7 heteroatoms. The number of carboxylic acid groups (broad SMARTS) is 1. The van der Waals surface area contributed by atoms with E-state index in [1.807, 2.05) is 72.8 Å². The number of aliphatic carboxylic acids is 1. The van der Waals surface area contributed by atoms with E-state index in [2.05, 4.69) is 10.6 Å². The maximum absolute atomic E-state index is 12.9. The number of carboxylic acids is 1. The van der Waals surface area contributed by atoms with Crippen molar-refractivity contribution >= 4 is 28.7 Å². The summed E-state index contributed by atoms with van der Waals surface area (Å²) >= 11 is 0. The fourth-order valence-electron chi connectivity index (χ4n) is 3.58. The van der Waals surface area contributed by atoms with Gasteiger partial charge < -0.3 is 20.5 Å². The number of nitrogens with one attached hydrogen (secondary N) is 2. The van der Waals surface area contributed by atoms with Crippen LogP contribution in [0.15, 0.2) is 72.8 Å². The molecule has 7 nitrogen and oxygen atoms in total. The van der Waals surface area contributed by atoms with Crippen LogP contribution >= 0.6 is 0 Å². The highest BCUT2D eigenvalue weighted by Gasteiger charge is 2.29. The fraction of sp³-hybridized carbons (Fsp3) is 0.269. The van der Waals surface area contributed by atoms with Crippen LogP contribution in [0, 0.1) is 5.92 Å². The summed E-state index contributed by atoms with van der Waals surface area (Å²) in [6.07, 6.45) is -0.625. The van der Waals surface area contributed by atoms with Crippen molar-refractivity contribution in [1.29, 1.82) is 0 Å². The summed E-state index contributed by atoms with van der Waals surface area (Å²) in [5, 5.41) is 16.8. The molecule has 3 rings (SSSR count). The summed E-state index contributed by atoms with van der Waals surface area (Å²) in [5.74, 6) is -2.00. The molecule has 0 aliphatic carbocycles. The molecule has 3 N–H and O–H groups in total. The topological polar surface area (TPSA) is 105 Å². The van der Waals surface area contributed by atoms with Gasteiger partial charge in [-0.1, -0.05) is 86.6 Å². The number of carbonyl (C=O) groups excluding carboxylic acids is 2. The molecule has 0 saturated carbocycles. The number of amides is 2. The second-order valence-corrected chi connectivity index (χ2v) is 8.17. The Kier molecular flexibility index (Phi) is 8.02. The highest BCUT2D eigenvalue weighted by molar-refractivity contribution is 5.90. The standard InChI is InChI=1S/C26H28N2O5/c1-17(2)23(28-26(32)33-16-18-9-4-3-5-10-18)24(29)27-22(25(30)31)15-20-13-8-12-19-11-6-7-14-21(19)20/h3-14,17,22-23H,15-16H2,1-2H3,(H,27,29)(H,28,32)(H,30,31)/t22-,23+/m1/s1. The molecule has 0 aromatic heterocycles. The molecule has 33 heavy (non-hydrogen) atoms. The largest absolute Gasteiger partial charge is 0.480 e. The second-order valence-electron chi connectivity index (χ2n) is 8.17. The molecule has 0 aliphatic heterocycles. The molecule has 0 saturated heterocycles. The van der Waals surface area contributed by atoms with Crippen LogP contribution in [0.4, 0.5) is 4.79 Å². The third-order valence-corrected chi connectivity index (χ3v) is 5.35. The Morgan fingerprint density at radius 3 is 2.24 bits per heavy atom. The van der Waals surface area contributed by atoms with Gasteiger partial charge in [-0.3, -0.25) is 4.79 Å². The molecule has 3 aromatic carbocycles. The zero-order valence-electron chi connectivity index (χ0n) is 18.7. The van der Waals surface area contributed by atoms with E-state index in [0.717, 1.165) is 21.9 Å². The molecule has 0 bridgehead atoms. The molecule has 0 heterocycles. The summed E-state index contributed by atoms with van der Waals surface area (Å²) < 4.78 is 5.21. The van der Waals surface area contributed by atoms with Crippen LogP contribution in [0.1, 0.15) is 25.0 Å². The first-order valence-electron chi connectivity index (χ1n) is 10.8. The van der Waals surface area contributed by atoms with E-state index >= 15 is 0 Å². The minimum atomic E-state index is -1.15. The number of fused-ring (bicyclic) bond motifs is 1. The highest BCUT2D eigenvalue weighted by Crippen LogP contribution is 2.20. The third-order valence-electron chi connectivity index (χ3n) is 5.35. The Morgan fingerprint density at radius 2 is 1.55 bits per heavy atom. The van der Waals surface area contributed by atoms with Gasteiger partial charge >= 0.3 is 12.1 Å². The van der Waals surface area contributed by atoms with Gasteiger partial charge in [0.1, 0.15) is 18.7 Å². The van der Waals surface area contributed by atoms with Crippen molar-refractivity contribution in [2.45, 2.75) is 39.0 Å². The van der Waals surface area contributed by atoms with Crippen LogP contribution in [0.3, 0.4) is 0 Å². The van der Waals surface area contributed by atoms with Gasteiger partial charge in [-0.05, 0) is 27.8 Å². The first-order chi connectivity index (χ1) is 15.8. The fourth-order valence-corrected chi connectivity index (χ4v) is 3.58. The van der Waals surface area contributed by atoms with Crippen molar-refractivity contribution in [3.05, 3.63) is 83.9 Å². The number of rotatable bonds is 9. The zero-order valence-corrected chi connectivity index (χ0v) is 18.7. The van der Waals surface area contributed by atoms with E-state index in [1.54, 1.807) is 13.8 Å². The highest BCUT2D eigenvalue weighted by atomic mass is 16.5. The average Bonchev–Trinajstić information content (AvgIpc) is 2.81. The number of ether oxygens (including phenoxy) is 1. The molecule has 0 radical (unpaired) electrons. The molecule has 0 spiro atoms. The first-order valence-corrected chi connectivity index (χ1v) is 10.8. The molecule has 3 aromatic rings. The lowest BCUT2D eigenvalue weighted by Crippen LogP contribution is -2.54. The Balaban J connectivity index is 1.66. The molecule has 0 aliphatic rings. The van der Waals surface area contributed by atoms with Crippen LogP contribution in [0.2, 0.25) is 0 Å². The predicted molar refractivity (Wildman–Crippen MR) is 126 cm³/mol. The number of carbonyl (C=O) groups is 3. The van der Waals surface area contributed by atoms with E-state index in [4.69, 9.17) is 4.74 Å². The van der Waals surface area contributed by atoms with Crippen LogP contribution < -0.4 is 10.6 Å². The summed E-state index contributed by atoms with van der Waals surface area (Å²) in [6, 6.07) is 20.4. The SMILES string of the molecule is CC(C)[C@H](NC(=O)OCc1ccccc1)C(=O)N[C@H](Cc1cccc2ccccc12)C(=O)O. The molecule has 172 valence electrons. The van der Waals surface area contributed by atoms with Crippen LogP contribution in [0.5, 0.6) is 0 Å². The van der Waals surface area contributed by atoms with Crippen LogP contribution in [-0.2, 0) is 27.4 Å². The van der Waals surface area contributed by atoms with Crippen LogP contribution in [0.25, 0.3) is 10.8 Å². The van der Waals surface area contributed by atoms with E-state index in [1.165, 1.54) is 0 Å². The van der Waals surface area contributed by atoms with Gasteiger partial charge in [0, 0.05) is 6.42 Å². The second kappa shape index (κ2) is 11.1. The van der Waals surface area contributed by atoms with Gasteiger partial charge in [0.05, 0.1) is 0 Å². The number of benzene rings is 3. The van der Waals surface area contributed by atoms with Crippen molar-refractivity contribution in [3.63, 3.8) is 0 Å². The smallest absolute Gasteiger partial charge is 0.408 e. The maximum Gasteiger partial charge on any atom is 0.408 e. The van der Waals surface area contributed by atoms with Gasteiger partial charge in [-0.2, -0.15) is 0 Å². The van der Waals surface area contributed by atoms with Gasteiger partial charge in [0.15, 0.2) is 0 Å². The van der Waals surface area contributed by atoms with Crippen molar-refractivity contribution in [2.24, 2.45) is 5.92 Å². The minimum Gasteiger partial charge on any atom is -0.480 e. The quantitative estimate of drug-likeness (QED) is 0.460. The monoisotopic (exact) mass is 448 g/mol. The summed E-state index contributed by atoms with van der Waals surface area (Å²) in [5.41, 5.74) is 1.64. The van der Waals surface area contributed by atoms with Gasteiger partial charge in [-0.25, -0.2) is 9.59 Å². The van der Waals surface area contributed by atoms with E-state index in [-0.39, 0.29) is 18.9 Å². The van der Waals surface area contributed by atoms with Crippen molar-refractivity contribution in [3.8, 4) is 0 Å². The molecule has 2 amide bonds. The Morgan fingerprint density at radius 1 is 0.879 bits per heavy atom. The number of hydrogen-bond acceptors (Lipinski definition) is 4.